The van der Waals surface area contributed by atoms with Gasteiger partial charge in [-0.05, 0) is 42.5 Å². The van der Waals surface area contributed by atoms with Crippen LogP contribution in [0.3, 0.4) is 0 Å². The Balaban J connectivity index is 1.65. The third-order valence-electron chi connectivity index (χ3n) is 3.78. The number of halogens is 1. The molecule has 3 heterocycles. The molecule has 110 valence electrons. The first kappa shape index (κ1) is 14.5. The topological polar surface area (TPSA) is 45.2 Å². The number of aromatic nitrogens is 1. The van der Waals surface area contributed by atoms with E-state index in [1.807, 2.05) is 0 Å². The molecule has 21 heavy (non-hydrogen) atoms. The van der Waals surface area contributed by atoms with Gasteiger partial charge < -0.3 is 5.32 Å². The fourth-order valence-corrected chi connectivity index (χ4v) is 3.76. The van der Waals surface area contributed by atoms with Gasteiger partial charge in [-0.2, -0.15) is 0 Å². The molecular weight excluding hydrogens is 306 g/mol. The molecule has 0 aromatic carbocycles. The number of hydrogen-bond donors (Lipinski definition) is 1. The summed E-state index contributed by atoms with van der Waals surface area (Å²) in [5, 5.41) is 5.27. The second-order valence-corrected chi connectivity index (χ2v) is 6.44. The van der Waals surface area contributed by atoms with Gasteiger partial charge in [0.15, 0.2) is 5.15 Å². The predicted molar refractivity (Wildman–Crippen MR) is 85.9 cm³/mol. The highest BCUT2D eigenvalue weighted by molar-refractivity contribution is 7.10. The molecule has 1 aliphatic rings. The first-order chi connectivity index (χ1) is 10.1. The fraction of sp³-hybridized carbons (Fsp3) is 0.333. The quantitative estimate of drug-likeness (QED) is 0.882. The summed E-state index contributed by atoms with van der Waals surface area (Å²) < 4.78 is 0. The summed E-state index contributed by atoms with van der Waals surface area (Å²) in [4.78, 5) is 19.8. The van der Waals surface area contributed by atoms with Gasteiger partial charge >= 0.3 is 0 Å². The molecular formula is C15H16ClN3OS. The summed E-state index contributed by atoms with van der Waals surface area (Å²) in [6.45, 7) is 3.42. The lowest BCUT2D eigenvalue weighted by molar-refractivity contribution is -0.117. The van der Waals surface area contributed by atoms with Crippen molar-refractivity contribution < 1.29 is 4.79 Å². The second-order valence-electron chi connectivity index (χ2n) is 5.09. The summed E-state index contributed by atoms with van der Waals surface area (Å²) >= 11 is 7.76. The molecule has 2 aromatic rings. The highest BCUT2D eigenvalue weighted by atomic mass is 35.5. The van der Waals surface area contributed by atoms with Crippen LogP contribution in [0.2, 0.25) is 5.15 Å². The number of nitrogens with one attached hydrogen (secondary N) is 1. The van der Waals surface area contributed by atoms with Crippen molar-refractivity contribution in [2.24, 2.45) is 0 Å². The van der Waals surface area contributed by atoms with E-state index in [4.69, 9.17) is 11.6 Å². The van der Waals surface area contributed by atoms with Crippen LogP contribution >= 0.6 is 22.9 Å². The maximum atomic E-state index is 12.2. The largest absolute Gasteiger partial charge is 0.322 e. The number of carbonyl (C=O) groups is 1. The Morgan fingerprint density at radius 3 is 3.24 bits per heavy atom. The van der Waals surface area contributed by atoms with Crippen molar-refractivity contribution in [1.82, 2.24) is 9.88 Å². The Hall–Kier alpha value is -1.43. The molecule has 0 radical (unpaired) electrons. The normalized spacial score (nSPS) is 18.3. The van der Waals surface area contributed by atoms with Crippen molar-refractivity contribution in [2.75, 3.05) is 18.4 Å². The number of nitrogens with zero attached hydrogens (tertiary/aromatic N) is 2. The lowest BCUT2D eigenvalue weighted by atomic mass is 10.0. The van der Waals surface area contributed by atoms with E-state index in [-0.39, 0.29) is 11.9 Å². The van der Waals surface area contributed by atoms with Gasteiger partial charge in [0.2, 0.25) is 5.91 Å². The molecule has 4 nitrogen and oxygen atoms in total. The predicted octanol–water partition coefficient (Wildman–Crippen LogP) is 3.35. The second kappa shape index (κ2) is 6.13. The lowest BCUT2D eigenvalue weighted by Crippen LogP contribution is -2.39. The zero-order chi connectivity index (χ0) is 14.8. The van der Waals surface area contributed by atoms with Crippen molar-refractivity contribution in [1.29, 1.82) is 0 Å². The highest BCUT2D eigenvalue weighted by Crippen LogP contribution is 2.32. The number of anilines is 1. The molecule has 0 saturated heterocycles. The molecule has 0 spiro atoms. The zero-order valence-electron chi connectivity index (χ0n) is 11.7. The van der Waals surface area contributed by atoms with Gasteiger partial charge in [-0.1, -0.05) is 11.6 Å². The van der Waals surface area contributed by atoms with Crippen LogP contribution in [0.4, 0.5) is 5.69 Å². The minimum absolute atomic E-state index is 0.0598. The van der Waals surface area contributed by atoms with Crippen LogP contribution in [0.25, 0.3) is 0 Å². The number of thiophene rings is 1. The monoisotopic (exact) mass is 321 g/mol. The van der Waals surface area contributed by atoms with Gasteiger partial charge in [0.05, 0.1) is 12.2 Å². The Labute approximate surface area is 132 Å². The lowest BCUT2D eigenvalue weighted by Gasteiger charge is -2.32. The average Bonchev–Trinajstić information content (AvgIpc) is 2.94. The van der Waals surface area contributed by atoms with E-state index < -0.39 is 0 Å². The number of pyridine rings is 1. The van der Waals surface area contributed by atoms with E-state index in [2.05, 4.69) is 33.6 Å². The minimum Gasteiger partial charge on any atom is -0.322 e. The van der Waals surface area contributed by atoms with Crippen LogP contribution in [-0.4, -0.2) is 28.9 Å². The third kappa shape index (κ3) is 3.10. The number of hydrogen-bond acceptors (Lipinski definition) is 4. The molecule has 1 amide bonds. The first-order valence-corrected chi connectivity index (χ1v) is 8.11. The number of carbonyl (C=O) groups excluding carboxylic acids is 1. The molecule has 0 saturated carbocycles. The first-order valence-electron chi connectivity index (χ1n) is 6.86. The molecule has 0 bridgehead atoms. The molecule has 1 atom stereocenters. The molecule has 0 unspecified atom stereocenters. The van der Waals surface area contributed by atoms with Crippen molar-refractivity contribution >= 4 is 34.5 Å². The Morgan fingerprint density at radius 1 is 1.57 bits per heavy atom. The van der Waals surface area contributed by atoms with Gasteiger partial charge in [-0.3, -0.25) is 9.69 Å². The number of rotatable bonds is 3. The zero-order valence-corrected chi connectivity index (χ0v) is 13.2. The van der Waals surface area contributed by atoms with Gasteiger partial charge in [-0.15, -0.1) is 11.3 Å². The maximum absolute atomic E-state index is 12.2. The van der Waals surface area contributed by atoms with Crippen molar-refractivity contribution in [3.8, 4) is 0 Å². The van der Waals surface area contributed by atoms with E-state index in [9.17, 15) is 4.79 Å². The summed E-state index contributed by atoms with van der Waals surface area (Å²) in [5.41, 5.74) is 1.91. The van der Waals surface area contributed by atoms with E-state index in [0.29, 0.717) is 17.4 Å². The van der Waals surface area contributed by atoms with Crippen molar-refractivity contribution in [3.63, 3.8) is 0 Å². The van der Waals surface area contributed by atoms with Gasteiger partial charge in [0, 0.05) is 23.7 Å². The molecule has 1 N–H and O–H groups in total. The Morgan fingerprint density at radius 2 is 2.43 bits per heavy atom. The van der Waals surface area contributed by atoms with Crippen LogP contribution in [0, 0.1) is 0 Å². The maximum Gasteiger partial charge on any atom is 0.238 e. The van der Waals surface area contributed by atoms with Crippen LogP contribution < -0.4 is 5.32 Å². The van der Waals surface area contributed by atoms with Gasteiger partial charge in [-0.25, -0.2) is 4.98 Å². The van der Waals surface area contributed by atoms with Crippen LogP contribution in [0.5, 0.6) is 0 Å². The van der Waals surface area contributed by atoms with E-state index in [0.717, 1.165) is 13.0 Å². The summed E-state index contributed by atoms with van der Waals surface area (Å²) in [5.74, 6) is -0.0598. The average molecular weight is 322 g/mol. The molecule has 0 fully saturated rings. The van der Waals surface area contributed by atoms with Crippen LogP contribution in [-0.2, 0) is 11.2 Å². The smallest absolute Gasteiger partial charge is 0.238 e. The third-order valence-corrected chi connectivity index (χ3v) is 5.08. The van der Waals surface area contributed by atoms with E-state index >= 15 is 0 Å². The molecule has 1 aliphatic heterocycles. The van der Waals surface area contributed by atoms with E-state index in [1.54, 1.807) is 29.7 Å². The number of amides is 1. The van der Waals surface area contributed by atoms with Gasteiger partial charge in [0.25, 0.3) is 0 Å². The fourth-order valence-electron chi connectivity index (χ4n) is 2.63. The molecule has 6 heteroatoms. The van der Waals surface area contributed by atoms with Crippen molar-refractivity contribution in [2.45, 2.75) is 19.4 Å². The van der Waals surface area contributed by atoms with Crippen LogP contribution in [0.1, 0.15) is 23.4 Å². The highest BCUT2D eigenvalue weighted by Gasteiger charge is 2.26. The van der Waals surface area contributed by atoms with Gasteiger partial charge in [0.1, 0.15) is 0 Å². The molecule has 0 aliphatic carbocycles. The van der Waals surface area contributed by atoms with Crippen LogP contribution in [0.15, 0.2) is 29.8 Å². The van der Waals surface area contributed by atoms with E-state index in [1.165, 1.54) is 10.4 Å². The Kier molecular flexibility index (Phi) is 4.24. The number of fused-ring (bicyclic) bond motifs is 1. The summed E-state index contributed by atoms with van der Waals surface area (Å²) in [6.07, 6.45) is 2.61. The Bertz CT molecular complexity index is 658. The summed E-state index contributed by atoms with van der Waals surface area (Å²) in [6, 6.07) is 5.94. The summed E-state index contributed by atoms with van der Waals surface area (Å²) in [7, 11) is 0. The minimum atomic E-state index is -0.0598. The van der Waals surface area contributed by atoms with Crippen molar-refractivity contribution in [3.05, 3.63) is 45.4 Å². The molecule has 3 rings (SSSR count). The SMILES string of the molecule is C[C@@H]1c2ccsc2CCN1CC(=O)Nc1cccnc1Cl. The standard InChI is InChI=1S/C15H16ClN3OS/c1-10-11-5-8-21-13(11)4-7-19(10)9-14(20)18-12-3-2-6-17-15(12)16/h2-3,5-6,8,10H,4,7,9H2,1H3,(H,18,20)/t10-/m1/s1. The molecule has 2 aromatic heterocycles.